The summed E-state index contributed by atoms with van der Waals surface area (Å²) in [4.78, 5) is 25.1. The predicted molar refractivity (Wildman–Crippen MR) is 90.7 cm³/mol. The van der Waals surface area contributed by atoms with E-state index in [4.69, 9.17) is 0 Å². The molecule has 1 N–H and O–H groups in total. The summed E-state index contributed by atoms with van der Waals surface area (Å²) in [7, 11) is 0. The van der Waals surface area contributed by atoms with Gasteiger partial charge in [-0.2, -0.15) is 0 Å². The van der Waals surface area contributed by atoms with E-state index in [1.807, 2.05) is 6.92 Å². The fourth-order valence-corrected chi connectivity index (χ4v) is 3.56. The van der Waals surface area contributed by atoms with Crippen molar-refractivity contribution in [1.82, 2.24) is 10.2 Å². The fraction of sp³-hybridized carbons (Fsp3) is 0.529. The number of amides is 2. The molecule has 1 atom stereocenters. The van der Waals surface area contributed by atoms with Gasteiger partial charge in [0.15, 0.2) is 0 Å². The molecule has 6 heteroatoms. The number of nitrogens with one attached hydrogen (secondary N) is 1. The van der Waals surface area contributed by atoms with E-state index in [9.17, 15) is 14.0 Å². The zero-order valence-corrected chi connectivity index (χ0v) is 14.4. The summed E-state index contributed by atoms with van der Waals surface area (Å²) in [6.07, 6.45) is 1.58. The van der Waals surface area contributed by atoms with Gasteiger partial charge < -0.3 is 10.2 Å². The van der Waals surface area contributed by atoms with Crippen LogP contribution in [0, 0.1) is 5.82 Å². The van der Waals surface area contributed by atoms with Crippen LogP contribution in [0.4, 0.5) is 4.39 Å². The van der Waals surface area contributed by atoms with E-state index in [2.05, 4.69) is 5.32 Å². The molecule has 0 spiro atoms. The number of hydrogen-bond acceptors (Lipinski definition) is 3. The first kappa shape index (κ1) is 17.8. The van der Waals surface area contributed by atoms with Gasteiger partial charge >= 0.3 is 0 Å². The third-order valence-electron chi connectivity index (χ3n) is 4.11. The number of nitrogens with zero attached hydrogens (tertiary/aromatic N) is 1. The van der Waals surface area contributed by atoms with Crippen LogP contribution < -0.4 is 5.32 Å². The van der Waals surface area contributed by atoms with E-state index in [1.165, 1.54) is 17.8 Å². The fourth-order valence-electron chi connectivity index (χ4n) is 2.70. The van der Waals surface area contributed by atoms with E-state index in [0.29, 0.717) is 24.4 Å². The van der Waals surface area contributed by atoms with Crippen molar-refractivity contribution in [2.24, 2.45) is 0 Å². The normalized spacial score (nSPS) is 16.9. The number of piperidine rings is 1. The lowest BCUT2D eigenvalue weighted by Crippen LogP contribution is -2.46. The van der Waals surface area contributed by atoms with E-state index in [1.54, 1.807) is 30.0 Å². The van der Waals surface area contributed by atoms with E-state index in [0.717, 1.165) is 12.8 Å². The highest BCUT2D eigenvalue weighted by atomic mass is 32.2. The van der Waals surface area contributed by atoms with Gasteiger partial charge in [-0.3, -0.25) is 9.59 Å². The zero-order chi connectivity index (χ0) is 16.8. The Morgan fingerprint density at radius 2 is 2.00 bits per heavy atom. The topological polar surface area (TPSA) is 49.4 Å². The largest absolute Gasteiger partial charge is 0.353 e. The van der Waals surface area contributed by atoms with Gasteiger partial charge in [0.2, 0.25) is 11.8 Å². The number of carbonyl (C=O) groups is 2. The van der Waals surface area contributed by atoms with Crippen LogP contribution in [0.2, 0.25) is 0 Å². The molecule has 2 rings (SSSR count). The van der Waals surface area contributed by atoms with Crippen molar-refractivity contribution >= 4 is 23.6 Å². The predicted octanol–water partition coefficient (Wildman–Crippen LogP) is 2.75. The van der Waals surface area contributed by atoms with Crippen molar-refractivity contribution in [3.05, 3.63) is 35.6 Å². The molecule has 1 aromatic rings. The standard InChI is InChI=1S/C17H23FN2O2S/c1-12(15-5-3-4-6-16(15)18)23-11-17(22)19-14-7-9-20(10-8-14)13(2)21/h3-6,12,14H,7-11H2,1-2H3,(H,19,22). The van der Waals surface area contributed by atoms with Crippen LogP contribution in [0.1, 0.15) is 37.5 Å². The minimum absolute atomic E-state index is 0.0283. The summed E-state index contributed by atoms with van der Waals surface area (Å²) in [5.74, 6) is 0.135. The van der Waals surface area contributed by atoms with Crippen LogP contribution in [0.25, 0.3) is 0 Å². The van der Waals surface area contributed by atoms with Crippen LogP contribution in [0.3, 0.4) is 0 Å². The molecule has 1 heterocycles. The molecule has 1 aliphatic heterocycles. The number of benzene rings is 1. The molecule has 1 aliphatic rings. The van der Waals surface area contributed by atoms with Crippen LogP contribution >= 0.6 is 11.8 Å². The molecule has 126 valence electrons. The average molecular weight is 338 g/mol. The Balaban J connectivity index is 1.73. The first-order valence-corrected chi connectivity index (χ1v) is 8.93. The van der Waals surface area contributed by atoms with Crippen molar-refractivity contribution in [3.8, 4) is 0 Å². The highest BCUT2D eigenvalue weighted by Gasteiger charge is 2.22. The van der Waals surface area contributed by atoms with Crippen molar-refractivity contribution < 1.29 is 14.0 Å². The molecule has 0 bridgehead atoms. The molecule has 0 aromatic heterocycles. The van der Waals surface area contributed by atoms with E-state index < -0.39 is 0 Å². The maximum absolute atomic E-state index is 13.7. The Bertz CT molecular complexity index is 559. The van der Waals surface area contributed by atoms with E-state index >= 15 is 0 Å². The average Bonchev–Trinajstić information content (AvgIpc) is 2.53. The number of rotatable bonds is 5. The molecule has 0 saturated carbocycles. The van der Waals surface area contributed by atoms with Crippen LogP contribution in [0.15, 0.2) is 24.3 Å². The third kappa shape index (κ3) is 5.23. The smallest absolute Gasteiger partial charge is 0.230 e. The van der Waals surface area contributed by atoms with Gasteiger partial charge in [-0.05, 0) is 25.8 Å². The lowest BCUT2D eigenvalue weighted by atomic mass is 10.1. The maximum Gasteiger partial charge on any atom is 0.230 e. The summed E-state index contributed by atoms with van der Waals surface area (Å²) < 4.78 is 13.7. The minimum atomic E-state index is -0.232. The summed E-state index contributed by atoms with van der Waals surface area (Å²) in [6, 6.07) is 6.79. The van der Waals surface area contributed by atoms with E-state index in [-0.39, 0.29) is 28.9 Å². The molecule has 0 radical (unpaired) electrons. The van der Waals surface area contributed by atoms with Crippen molar-refractivity contribution in [2.75, 3.05) is 18.8 Å². The Labute approximate surface area is 140 Å². The first-order valence-electron chi connectivity index (χ1n) is 7.88. The summed E-state index contributed by atoms with van der Waals surface area (Å²) >= 11 is 1.43. The van der Waals surface area contributed by atoms with Crippen molar-refractivity contribution in [3.63, 3.8) is 0 Å². The van der Waals surface area contributed by atoms with Crippen molar-refractivity contribution in [2.45, 2.75) is 38.0 Å². The summed E-state index contributed by atoms with van der Waals surface area (Å²) in [5, 5.41) is 2.94. The first-order chi connectivity index (χ1) is 11.0. The molecule has 4 nitrogen and oxygen atoms in total. The highest BCUT2D eigenvalue weighted by molar-refractivity contribution is 8.00. The zero-order valence-electron chi connectivity index (χ0n) is 13.5. The summed E-state index contributed by atoms with van der Waals surface area (Å²) in [5.41, 5.74) is 0.625. The molecule has 1 fully saturated rings. The van der Waals surface area contributed by atoms with Crippen molar-refractivity contribution in [1.29, 1.82) is 0 Å². The van der Waals surface area contributed by atoms with Gasteiger partial charge in [-0.15, -0.1) is 11.8 Å². The minimum Gasteiger partial charge on any atom is -0.353 e. The molecule has 0 aliphatic carbocycles. The van der Waals surface area contributed by atoms with Gasteiger partial charge in [0, 0.05) is 36.9 Å². The van der Waals surface area contributed by atoms with Gasteiger partial charge in [-0.25, -0.2) is 4.39 Å². The Morgan fingerprint density at radius 3 is 2.61 bits per heavy atom. The number of carbonyl (C=O) groups excluding carboxylic acids is 2. The lowest BCUT2D eigenvalue weighted by Gasteiger charge is -2.31. The SMILES string of the molecule is CC(=O)N1CCC(NC(=O)CSC(C)c2ccccc2F)CC1. The van der Waals surface area contributed by atoms with Gasteiger partial charge in [-0.1, -0.05) is 18.2 Å². The second-order valence-corrected chi connectivity index (χ2v) is 7.15. The molecule has 23 heavy (non-hydrogen) atoms. The Morgan fingerprint density at radius 1 is 1.35 bits per heavy atom. The molecular weight excluding hydrogens is 315 g/mol. The highest BCUT2D eigenvalue weighted by Crippen LogP contribution is 2.29. The summed E-state index contributed by atoms with van der Waals surface area (Å²) in [6.45, 7) is 4.86. The van der Waals surface area contributed by atoms with Crippen LogP contribution in [-0.4, -0.2) is 41.6 Å². The quantitative estimate of drug-likeness (QED) is 0.898. The molecule has 2 amide bonds. The third-order valence-corrected chi connectivity index (χ3v) is 5.30. The van der Waals surface area contributed by atoms with Crippen LogP contribution in [0.5, 0.6) is 0 Å². The second-order valence-electron chi connectivity index (χ2n) is 5.82. The van der Waals surface area contributed by atoms with Gasteiger partial charge in [0.1, 0.15) is 5.82 Å². The molecular formula is C17H23FN2O2S. The van der Waals surface area contributed by atoms with Gasteiger partial charge in [0.25, 0.3) is 0 Å². The molecule has 1 saturated heterocycles. The maximum atomic E-state index is 13.7. The monoisotopic (exact) mass is 338 g/mol. The molecule has 1 aromatic carbocycles. The Kier molecular flexibility index (Phi) is 6.45. The van der Waals surface area contributed by atoms with Gasteiger partial charge in [0.05, 0.1) is 5.75 Å². The Hall–Kier alpha value is -1.56. The second kappa shape index (κ2) is 8.34. The lowest BCUT2D eigenvalue weighted by molar-refractivity contribution is -0.130. The number of halogens is 1. The molecule has 1 unspecified atom stereocenters. The number of hydrogen-bond donors (Lipinski definition) is 1. The van der Waals surface area contributed by atoms with Crippen LogP contribution in [-0.2, 0) is 9.59 Å². The number of thioether (sulfide) groups is 1. The number of likely N-dealkylation sites (tertiary alicyclic amines) is 1.